The Kier molecular flexibility index (Phi) is 7.14. The maximum absolute atomic E-state index is 12.6. The molecule has 0 aliphatic carbocycles. The summed E-state index contributed by atoms with van der Waals surface area (Å²) in [5.41, 5.74) is 1.57. The number of nitrogens with one attached hydrogen (secondary N) is 2. The number of hydrogen-bond donors (Lipinski definition) is 2. The Hall–Kier alpha value is -2.12. The first kappa shape index (κ1) is 21.6. The normalized spacial score (nSPS) is 19.1. The third kappa shape index (κ3) is 6.72. The minimum atomic E-state index is -0.463. The Morgan fingerprint density at radius 3 is 2.28 bits per heavy atom. The van der Waals surface area contributed by atoms with Crippen molar-refractivity contribution in [3.05, 3.63) is 24.3 Å². The van der Waals surface area contributed by atoms with E-state index in [4.69, 9.17) is 4.74 Å². The second-order valence-corrected chi connectivity index (χ2v) is 8.91. The Labute approximate surface area is 173 Å². The van der Waals surface area contributed by atoms with E-state index < -0.39 is 5.60 Å². The van der Waals surface area contributed by atoms with Crippen molar-refractivity contribution in [3.63, 3.8) is 0 Å². The number of benzene rings is 1. The fraction of sp³-hybridized carbons (Fsp3) is 0.636. The van der Waals surface area contributed by atoms with Crippen LogP contribution in [0.2, 0.25) is 0 Å². The van der Waals surface area contributed by atoms with Gasteiger partial charge in [-0.05, 0) is 71.0 Å². The molecule has 0 unspecified atom stereocenters. The Morgan fingerprint density at radius 1 is 1.07 bits per heavy atom. The minimum absolute atomic E-state index is 0.0160. The van der Waals surface area contributed by atoms with Gasteiger partial charge in [-0.25, -0.2) is 0 Å². The van der Waals surface area contributed by atoms with Crippen molar-refractivity contribution in [2.45, 2.75) is 39.2 Å². The van der Waals surface area contributed by atoms with Crippen LogP contribution in [0.25, 0.3) is 0 Å². The van der Waals surface area contributed by atoms with Crippen LogP contribution in [0.5, 0.6) is 0 Å². The predicted molar refractivity (Wildman–Crippen MR) is 115 cm³/mol. The van der Waals surface area contributed by atoms with Crippen LogP contribution in [0.15, 0.2) is 24.3 Å². The molecule has 7 heteroatoms. The molecule has 2 aliphatic heterocycles. The van der Waals surface area contributed by atoms with Crippen LogP contribution in [0.4, 0.5) is 11.4 Å². The zero-order chi connectivity index (χ0) is 20.9. The van der Waals surface area contributed by atoms with Gasteiger partial charge >= 0.3 is 5.97 Å². The zero-order valence-corrected chi connectivity index (χ0v) is 17.9. The molecule has 7 nitrogen and oxygen atoms in total. The van der Waals surface area contributed by atoms with Crippen LogP contribution >= 0.6 is 0 Å². The van der Waals surface area contributed by atoms with Crippen LogP contribution < -0.4 is 15.5 Å². The van der Waals surface area contributed by atoms with E-state index in [1.54, 1.807) is 0 Å². The molecule has 0 spiro atoms. The first-order chi connectivity index (χ1) is 13.8. The minimum Gasteiger partial charge on any atom is -0.459 e. The molecule has 160 valence electrons. The number of rotatable bonds is 5. The van der Waals surface area contributed by atoms with Crippen molar-refractivity contribution in [2.24, 2.45) is 5.92 Å². The molecule has 2 N–H and O–H groups in total. The van der Waals surface area contributed by atoms with Crippen molar-refractivity contribution in [2.75, 3.05) is 56.0 Å². The summed E-state index contributed by atoms with van der Waals surface area (Å²) in [4.78, 5) is 29.0. The van der Waals surface area contributed by atoms with Crippen LogP contribution in [0, 0.1) is 5.92 Å². The van der Waals surface area contributed by atoms with E-state index in [-0.39, 0.29) is 17.8 Å². The van der Waals surface area contributed by atoms with Gasteiger partial charge in [-0.1, -0.05) is 0 Å². The molecule has 0 atom stereocenters. The van der Waals surface area contributed by atoms with E-state index in [2.05, 4.69) is 32.6 Å². The Morgan fingerprint density at radius 2 is 1.69 bits per heavy atom. The summed E-state index contributed by atoms with van der Waals surface area (Å²) in [6, 6.07) is 8.11. The summed E-state index contributed by atoms with van der Waals surface area (Å²) >= 11 is 0. The number of ether oxygens (including phenoxy) is 1. The number of piperazine rings is 1. The number of esters is 1. The van der Waals surface area contributed by atoms with Gasteiger partial charge in [0.05, 0.1) is 6.54 Å². The average molecular weight is 403 g/mol. The van der Waals surface area contributed by atoms with Crippen LogP contribution in [0.1, 0.15) is 33.6 Å². The monoisotopic (exact) mass is 402 g/mol. The fourth-order valence-corrected chi connectivity index (χ4v) is 3.83. The molecule has 1 aromatic carbocycles. The van der Waals surface area contributed by atoms with Crippen molar-refractivity contribution in [1.82, 2.24) is 10.2 Å². The number of nitrogens with zero attached hydrogens (tertiary/aromatic N) is 2. The fourth-order valence-electron chi connectivity index (χ4n) is 3.83. The van der Waals surface area contributed by atoms with Crippen molar-refractivity contribution >= 4 is 23.3 Å². The lowest BCUT2D eigenvalue weighted by atomic mass is 9.96. The molecule has 29 heavy (non-hydrogen) atoms. The average Bonchev–Trinajstić information content (AvgIpc) is 2.68. The van der Waals surface area contributed by atoms with Crippen LogP contribution in [0.3, 0.4) is 0 Å². The lowest BCUT2D eigenvalue weighted by Gasteiger charge is -2.31. The zero-order valence-electron chi connectivity index (χ0n) is 17.9. The largest absolute Gasteiger partial charge is 0.459 e. The van der Waals surface area contributed by atoms with Gasteiger partial charge in [0, 0.05) is 43.5 Å². The van der Waals surface area contributed by atoms with E-state index >= 15 is 0 Å². The molecule has 0 aromatic heterocycles. The third-order valence-corrected chi connectivity index (χ3v) is 5.35. The number of piperidine rings is 1. The molecule has 0 bridgehead atoms. The highest BCUT2D eigenvalue weighted by Crippen LogP contribution is 2.22. The van der Waals surface area contributed by atoms with E-state index in [9.17, 15) is 9.59 Å². The second-order valence-electron chi connectivity index (χ2n) is 8.91. The topological polar surface area (TPSA) is 73.9 Å². The molecule has 2 fully saturated rings. The Balaban J connectivity index is 1.43. The highest BCUT2D eigenvalue weighted by molar-refractivity contribution is 5.92. The lowest BCUT2D eigenvalue weighted by molar-refractivity contribution is -0.156. The van der Waals surface area contributed by atoms with Crippen molar-refractivity contribution in [1.29, 1.82) is 0 Å². The van der Waals surface area contributed by atoms with Gasteiger partial charge in [0.2, 0.25) is 5.91 Å². The van der Waals surface area contributed by atoms with Gasteiger partial charge in [-0.15, -0.1) is 0 Å². The smallest absolute Gasteiger partial charge is 0.320 e. The maximum atomic E-state index is 12.6. The van der Waals surface area contributed by atoms with Crippen molar-refractivity contribution in [3.8, 4) is 0 Å². The van der Waals surface area contributed by atoms with Crippen molar-refractivity contribution < 1.29 is 14.3 Å². The standard InChI is InChI=1S/C22H34N4O3/c1-22(2,3)29-20(27)16-25-12-8-17(9-13-25)21(28)24-18-4-6-19(7-5-18)26-14-10-23-11-15-26/h4-7,17,23H,8-16H2,1-3H3,(H,24,28). The SMILES string of the molecule is CC(C)(C)OC(=O)CN1CCC(C(=O)Nc2ccc(N3CCNCC3)cc2)CC1. The highest BCUT2D eigenvalue weighted by Gasteiger charge is 2.27. The summed E-state index contributed by atoms with van der Waals surface area (Å²) in [6.45, 7) is 11.4. The van der Waals surface area contributed by atoms with Gasteiger partial charge in [-0.3, -0.25) is 14.5 Å². The first-order valence-electron chi connectivity index (χ1n) is 10.6. The van der Waals surface area contributed by atoms with Gasteiger partial charge in [0.1, 0.15) is 5.60 Å². The van der Waals surface area contributed by atoms with Crippen LogP contribution in [-0.4, -0.2) is 68.2 Å². The molecule has 0 saturated carbocycles. The van der Waals surface area contributed by atoms with Gasteiger partial charge in [-0.2, -0.15) is 0 Å². The molecule has 0 radical (unpaired) electrons. The number of carbonyl (C=O) groups is 2. The number of likely N-dealkylation sites (tertiary alicyclic amines) is 1. The summed E-state index contributed by atoms with van der Waals surface area (Å²) in [5, 5.41) is 6.40. The summed E-state index contributed by atoms with van der Waals surface area (Å²) in [6.07, 6.45) is 1.51. The molecule has 2 aliphatic rings. The Bertz CT molecular complexity index is 685. The number of hydrogen-bond acceptors (Lipinski definition) is 6. The van der Waals surface area contributed by atoms with E-state index in [1.165, 1.54) is 5.69 Å². The molecular weight excluding hydrogens is 368 g/mol. The lowest BCUT2D eigenvalue weighted by Crippen LogP contribution is -2.43. The number of amides is 1. The highest BCUT2D eigenvalue weighted by atomic mass is 16.6. The number of anilines is 2. The third-order valence-electron chi connectivity index (χ3n) is 5.35. The molecule has 1 aromatic rings. The molecule has 2 saturated heterocycles. The molecule has 3 rings (SSSR count). The van der Waals surface area contributed by atoms with Gasteiger partial charge in [0.25, 0.3) is 0 Å². The molecule has 1 amide bonds. The number of carbonyl (C=O) groups excluding carboxylic acids is 2. The van der Waals surface area contributed by atoms with E-state index in [0.29, 0.717) is 6.54 Å². The van der Waals surface area contributed by atoms with Crippen LogP contribution in [-0.2, 0) is 14.3 Å². The first-order valence-corrected chi connectivity index (χ1v) is 10.6. The van der Waals surface area contributed by atoms with Gasteiger partial charge < -0.3 is 20.3 Å². The maximum Gasteiger partial charge on any atom is 0.320 e. The predicted octanol–water partition coefficient (Wildman–Crippen LogP) is 2.09. The molecule has 2 heterocycles. The summed E-state index contributed by atoms with van der Waals surface area (Å²) in [7, 11) is 0. The summed E-state index contributed by atoms with van der Waals surface area (Å²) in [5.74, 6) is -0.153. The van der Waals surface area contributed by atoms with Gasteiger partial charge in [0.15, 0.2) is 0 Å². The molecular formula is C22H34N4O3. The second kappa shape index (κ2) is 9.59. The van der Waals surface area contributed by atoms with E-state index in [1.807, 2.05) is 32.9 Å². The quantitative estimate of drug-likeness (QED) is 0.735. The summed E-state index contributed by atoms with van der Waals surface area (Å²) < 4.78 is 5.38. The van der Waals surface area contributed by atoms with E-state index in [0.717, 1.165) is 57.8 Å².